The van der Waals surface area contributed by atoms with Crippen LogP contribution < -0.4 is 26.2 Å². The Balaban J connectivity index is 0.957. The van der Waals surface area contributed by atoms with E-state index in [2.05, 4.69) is 90.2 Å². The molecule has 2 unspecified atom stereocenters. The van der Waals surface area contributed by atoms with Crippen LogP contribution in [-0.2, 0) is 75.9 Å². The number of ether oxygens (including phenoxy) is 3. The molecule has 0 aliphatic carbocycles. The second kappa shape index (κ2) is 27.3. The van der Waals surface area contributed by atoms with E-state index in [1.165, 1.54) is 30.9 Å². The van der Waals surface area contributed by atoms with Gasteiger partial charge in [0.1, 0.15) is 24.6 Å². The lowest BCUT2D eigenvalue weighted by Crippen LogP contribution is -2.35. The summed E-state index contributed by atoms with van der Waals surface area (Å²) in [4.78, 5) is 93.1. The molecule has 0 spiro atoms. The molecule has 6 atom stereocenters. The highest BCUT2D eigenvalue weighted by molar-refractivity contribution is 8.08. The summed E-state index contributed by atoms with van der Waals surface area (Å²) < 4.78 is 90.2. The molecule has 3 aliphatic heterocycles. The van der Waals surface area contributed by atoms with E-state index in [4.69, 9.17) is 28.5 Å². The lowest BCUT2D eigenvalue weighted by Gasteiger charge is -2.31. The number of H-pyrrole nitrogens is 1. The van der Waals surface area contributed by atoms with Crippen LogP contribution in [0.4, 0.5) is 17.1 Å². The van der Waals surface area contributed by atoms with Gasteiger partial charge in [0, 0.05) is 66.2 Å². The molecule has 1 aromatic heterocycles. The number of methoxy groups -OCH3 is 1. The minimum atomic E-state index is -5.64. The number of amides is 1. The van der Waals surface area contributed by atoms with Crippen LogP contribution >= 0.6 is 22.4 Å². The van der Waals surface area contributed by atoms with Gasteiger partial charge < -0.3 is 53.6 Å². The Bertz CT molecular complexity index is 3920. The molecular weight excluding hydrogens is 1250 g/mol. The summed E-state index contributed by atoms with van der Waals surface area (Å²) in [5, 5.41) is 26.2. The standard InChI is InChI=1S/C56H71N6O21P3S2/c1-10-59-42-25-24-37(88(75,76)77)29-40(42)56(7,8)47(59)21-16-22-48-55(5,6)39-19-13-14-20-41(39)60(48)27-15-11-12-23-49(64)57-26-17-18-35-28-43(62(67)68)38(30-45(35)78-9)51(54(2,3)4)79-33-36-32-61(53(66)58-52(36)65)50-31-44(63)46(81-50)34-80-86(74,87)83-85(72,73)82-84(69,70)71/h13-14,16,19-22,24-25,28-30,32,44,46,50-51,63H,10-12,15,23,26-27,31,33-34H2,1-9H3,(H6-,57,58,64,65,66,69,70,71,72,73,74,75,76,77,87)/p+1/t44-,46-,50-,51-,86?/m1/s1. The summed E-state index contributed by atoms with van der Waals surface area (Å²) >= 11 is 4.62. The second-order valence-corrected chi connectivity index (χ2v) is 30.3. The highest BCUT2D eigenvalue weighted by atomic mass is 32.5. The summed E-state index contributed by atoms with van der Waals surface area (Å²) in [6.45, 7) is 10.8. The molecule has 7 rings (SSSR count). The number of aliphatic hydroxyl groups excluding tert-OH is 1. The smallest absolute Gasteiger partial charge is 0.488 e. The molecular formula is C56H72N6O21P3S2+. The minimum absolute atomic E-state index is 0.0600. The van der Waals surface area contributed by atoms with E-state index in [-0.39, 0.29) is 58.0 Å². The molecule has 3 aromatic carbocycles. The van der Waals surface area contributed by atoms with E-state index in [0.717, 1.165) is 52.0 Å². The van der Waals surface area contributed by atoms with Gasteiger partial charge in [-0.15, -0.1) is 0 Å². The van der Waals surface area contributed by atoms with Crippen LogP contribution in [-0.4, -0.2) is 114 Å². The molecule has 1 saturated heterocycles. The first-order valence-electron chi connectivity index (χ1n) is 27.6. The van der Waals surface area contributed by atoms with Crippen LogP contribution in [0.25, 0.3) is 0 Å². The van der Waals surface area contributed by atoms with Crippen molar-refractivity contribution in [3.63, 3.8) is 0 Å². The monoisotopic (exact) mass is 1320 g/mol. The van der Waals surface area contributed by atoms with Crippen molar-refractivity contribution in [1.29, 1.82) is 0 Å². The van der Waals surface area contributed by atoms with Crippen molar-refractivity contribution in [2.45, 2.75) is 134 Å². The Hall–Kier alpha value is -5.86. The molecule has 1 amide bonds. The Morgan fingerprint density at radius 2 is 1.74 bits per heavy atom. The number of rotatable bonds is 25. The number of nitrogens with one attached hydrogen (secondary N) is 2. The number of nitro groups is 1. The third-order valence-corrected chi connectivity index (χ3v) is 20.6. The first-order chi connectivity index (χ1) is 40.9. The quantitative estimate of drug-likeness (QED) is 0.00606. The summed E-state index contributed by atoms with van der Waals surface area (Å²) in [6.07, 6.45) is 4.14. The van der Waals surface area contributed by atoms with Crippen molar-refractivity contribution in [2.24, 2.45) is 5.41 Å². The van der Waals surface area contributed by atoms with Crippen LogP contribution in [0.5, 0.6) is 5.75 Å². The Morgan fingerprint density at radius 1 is 1.03 bits per heavy atom. The highest BCUT2D eigenvalue weighted by Crippen LogP contribution is 2.66. The molecule has 478 valence electrons. The lowest BCUT2D eigenvalue weighted by atomic mass is 9.81. The number of carbonyl (C=O) groups excluding carboxylic acids is 1. The zero-order valence-electron chi connectivity index (χ0n) is 49.6. The van der Waals surface area contributed by atoms with E-state index in [1.54, 1.807) is 32.9 Å². The third kappa shape index (κ3) is 16.6. The zero-order chi connectivity index (χ0) is 65.1. The Labute approximate surface area is 513 Å². The average Bonchev–Trinajstić information content (AvgIpc) is 1.69. The number of carbonyl (C=O) groups is 1. The van der Waals surface area contributed by atoms with Crippen molar-refractivity contribution in [3.05, 3.63) is 143 Å². The molecule has 3 aliphatic rings. The molecule has 88 heavy (non-hydrogen) atoms. The number of unbranched alkanes of at least 4 members (excludes halogenated alkanes) is 2. The van der Waals surface area contributed by atoms with Crippen LogP contribution in [0, 0.1) is 27.4 Å². The maximum absolute atomic E-state index is 13.1. The van der Waals surface area contributed by atoms with Gasteiger partial charge in [-0.1, -0.05) is 77.2 Å². The van der Waals surface area contributed by atoms with Gasteiger partial charge in [-0.3, -0.25) is 33.8 Å². The fourth-order valence-electron chi connectivity index (χ4n) is 10.9. The first-order valence-corrected chi connectivity index (χ1v) is 34.7. The number of para-hydroxylation sites is 1. The Kier molecular flexibility index (Phi) is 21.6. The molecule has 0 saturated carbocycles. The SMILES string of the molecule is CC[N+]1=C(/C=C/C=C2/N(CCCCCC(=O)NCC#Cc3cc([N+](=O)[O-])c([C@@H](OCc4cn([C@H]5C[C@@H](O)[C@@H](COP(O)(=S)OP(=O)(O)OP(=O)(O)O)O5)c(=O)[nH]c4=O)C(C)(C)C)cc3OC)c3ccccc3C2(C)C)C(C)(C)c2cc(S(=O)(=O)O)ccc21. The minimum Gasteiger partial charge on any atom is -0.495 e. The van der Waals surface area contributed by atoms with Gasteiger partial charge in [0.2, 0.25) is 11.6 Å². The first kappa shape index (κ1) is 69.6. The average molecular weight is 1320 g/mol. The van der Waals surface area contributed by atoms with Gasteiger partial charge in [-0.2, -0.15) is 17.3 Å². The van der Waals surface area contributed by atoms with Crippen molar-refractivity contribution in [1.82, 2.24) is 14.9 Å². The van der Waals surface area contributed by atoms with E-state index in [0.29, 0.717) is 19.5 Å². The van der Waals surface area contributed by atoms with Gasteiger partial charge >= 0.3 is 28.1 Å². The summed E-state index contributed by atoms with van der Waals surface area (Å²) in [6, 6.07) is 15.6. The van der Waals surface area contributed by atoms with E-state index < -0.39 is 103 Å². The molecule has 4 heterocycles. The van der Waals surface area contributed by atoms with E-state index in [1.807, 2.05) is 39.0 Å². The number of phosphoric acid groups is 2. The number of hydrogen-bond donors (Lipinski definition) is 8. The van der Waals surface area contributed by atoms with Gasteiger partial charge in [0.25, 0.3) is 21.4 Å². The fraction of sp³-hybridized carbons (Fsp3) is 0.464. The Morgan fingerprint density at radius 3 is 2.39 bits per heavy atom. The van der Waals surface area contributed by atoms with Gasteiger partial charge in [0.05, 0.1) is 71.0 Å². The van der Waals surface area contributed by atoms with Crippen molar-refractivity contribution >= 4 is 73.0 Å². The van der Waals surface area contributed by atoms with E-state index >= 15 is 0 Å². The van der Waals surface area contributed by atoms with Gasteiger partial charge in [-0.05, 0) is 86.7 Å². The molecule has 32 heteroatoms. The molecule has 1 fully saturated rings. The molecule has 0 radical (unpaired) electrons. The van der Waals surface area contributed by atoms with Crippen LogP contribution in [0.1, 0.15) is 128 Å². The predicted molar refractivity (Wildman–Crippen MR) is 326 cm³/mol. The number of allylic oxidation sites excluding steroid dienone is 4. The number of aromatic nitrogens is 2. The summed E-state index contributed by atoms with van der Waals surface area (Å²) in [5.41, 5.74) is 2.06. The zero-order valence-corrected chi connectivity index (χ0v) is 54.0. The lowest BCUT2D eigenvalue weighted by molar-refractivity contribution is -0.433. The second-order valence-electron chi connectivity index (χ2n) is 23.1. The van der Waals surface area contributed by atoms with E-state index in [9.17, 15) is 61.5 Å². The van der Waals surface area contributed by atoms with Crippen molar-refractivity contribution < 1.29 is 88.4 Å². The fourth-order valence-corrected chi connectivity index (χ4v) is 15.4. The molecule has 8 N–H and O–H groups in total. The summed E-state index contributed by atoms with van der Waals surface area (Å²) in [5.74, 6) is 5.63. The number of aliphatic hydroxyl groups is 1. The number of hydrogen-bond acceptors (Lipinski definition) is 18. The normalized spacial score (nSPS) is 20.3. The molecule has 27 nitrogen and oxygen atoms in total. The van der Waals surface area contributed by atoms with Gasteiger partial charge in [-0.25, -0.2) is 18.2 Å². The number of fused-ring (bicyclic) bond motifs is 2. The van der Waals surface area contributed by atoms with Crippen molar-refractivity contribution in [3.8, 4) is 17.6 Å². The van der Waals surface area contributed by atoms with Crippen LogP contribution in [0.15, 0.2) is 99.2 Å². The van der Waals surface area contributed by atoms with Crippen molar-refractivity contribution in [2.75, 3.05) is 38.3 Å². The van der Waals surface area contributed by atoms with Gasteiger partial charge in [0.15, 0.2) is 5.71 Å². The number of nitro benzene ring substituents is 1. The highest BCUT2D eigenvalue weighted by Gasteiger charge is 2.46. The third-order valence-electron chi connectivity index (χ3n) is 15.1. The maximum atomic E-state index is 13.1. The molecule has 0 bridgehead atoms. The predicted octanol–water partition coefficient (Wildman–Crippen LogP) is 7.47. The molecule has 4 aromatic rings. The topological polar surface area (TPSA) is 378 Å². The number of aromatic amines is 1. The van der Waals surface area contributed by atoms with Crippen LogP contribution in [0.2, 0.25) is 0 Å². The summed E-state index contributed by atoms with van der Waals surface area (Å²) in [7, 11) is -14.3. The van der Waals surface area contributed by atoms with Crippen LogP contribution in [0.3, 0.4) is 0 Å². The number of benzene rings is 3. The number of nitrogens with zero attached hydrogens (tertiary/aromatic N) is 4. The number of anilines is 1. The maximum Gasteiger partial charge on any atom is 0.488 e. The largest absolute Gasteiger partial charge is 0.495 e.